The standard InChI is InChI=1S/C29H31ClN6O3/c1-35-12-9-19(10-13-35)31-28(37)27-20-5-3-4-6-23(20)32-24-11-14-36(16-22(24)27)17-26-33-34-29(39-26)21-15-18(30)7-8-25(21)38-2/h3-8,15,19H,9-14,16-17H2,1-2H3,(H,31,37). The number of nitrogens with one attached hydrogen (secondary N) is 1. The molecule has 0 spiro atoms. The van der Waals surface area contributed by atoms with Crippen molar-refractivity contribution in [3.05, 3.63) is 70.2 Å². The highest BCUT2D eigenvalue weighted by Gasteiger charge is 2.28. The van der Waals surface area contributed by atoms with E-state index in [1.165, 1.54) is 0 Å². The van der Waals surface area contributed by atoms with Crippen LogP contribution in [0.1, 0.15) is 40.3 Å². The first kappa shape index (κ1) is 25.7. The van der Waals surface area contributed by atoms with E-state index in [4.69, 9.17) is 25.7 Å². The molecule has 2 aliphatic rings. The second kappa shape index (κ2) is 10.9. The SMILES string of the molecule is COc1ccc(Cl)cc1-c1nnc(CN2CCc3nc4ccccc4c(C(=O)NC4CCN(C)CC4)c3C2)o1. The Balaban J connectivity index is 1.26. The van der Waals surface area contributed by atoms with E-state index in [2.05, 4.69) is 32.4 Å². The summed E-state index contributed by atoms with van der Waals surface area (Å²) >= 11 is 6.19. The number of methoxy groups -OCH3 is 1. The van der Waals surface area contributed by atoms with Crippen LogP contribution < -0.4 is 10.1 Å². The van der Waals surface area contributed by atoms with Crippen LogP contribution in [0.2, 0.25) is 5.02 Å². The van der Waals surface area contributed by atoms with Gasteiger partial charge in [0, 0.05) is 47.2 Å². The molecule has 0 atom stereocenters. The number of halogens is 1. The topological polar surface area (TPSA) is 96.6 Å². The van der Waals surface area contributed by atoms with E-state index >= 15 is 0 Å². The van der Waals surface area contributed by atoms with E-state index < -0.39 is 0 Å². The molecule has 1 saturated heterocycles. The third-order valence-corrected chi connectivity index (χ3v) is 7.86. The number of aromatic nitrogens is 3. The fourth-order valence-corrected chi connectivity index (χ4v) is 5.69. The lowest BCUT2D eigenvalue weighted by molar-refractivity contribution is 0.0915. The lowest BCUT2D eigenvalue weighted by Gasteiger charge is -2.31. The zero-order valence-corrected chi connectivity index (χ0v) is 22.9. The van der Waals surface area contributed by atoms with E-state index in [1.807, 2.05) is 24.3 Å². The van der Waals surface area contributed by atoms with Crippen LogP contribution in [0.3, 0.4) is 0 Å². The lowest BCUT2D eigenvalue weighted by Crippen LogP contribution is -2.44. The summed E-state index contributed by atoms with van der Waals surface area (Å²) in [5.41, 5.74) is 4.19. The van der Waals surface area contributed by atoms with Gasteiger partial charge in [0.25, 0.3) is 11.8 Å². The van der Waals surface area contributed by atoms with Gasteiger partial charge in [-0.1, -0.05) is 29.8 Å². The number of fused-ring (bicyclic) bond motifs is 2. The van der Waals surface area contributed by atoms with E-state index in [1.54, 1.807) is 25.3 Å². The minimum absolute atomic E-state index is 0.0191. The van der Waals surface area contributed by atoms with Gasteiger partial charge in [0.1, 0.15) is 5.75 Å². The van der Waals surface area contributed by atoms with Crippen molar-refractivity contribution in [2.24, 2.45) is 0 Å². The van der Waals surface area contributed by atoms with Crippen molar-refractivity contribution < 1.29 is 13.9 Å². The molecule has 1 N–H and O–H groups in total. The van der Waals surface area contributed by atoms with Crippen molar-refractivity contribution in [3.63, 3.8) is 0 Å². The number of para-hydroxylation sites is 1. The van der Waals surface area contributed by atoms with Crippen LogP contribution in [0.15, 0.2) is 46.9 Å². The first-order chi connectivity index (χ1) is 19.0. The van der Waals surface area contributed by atoms with Crippen LogP contribution in [0, 0.1) is 0 Å². The highest BCUT2D eigenvalue weighted by atomic mass is 35.5. The third kappa shape index (κ3) is 5.34. The van der Waals surface area contributed by atoms with Crippen LogP contribution >= 0.6 is 11.6 Å². The molecule has 4 heterocycles. The number of carbonyl (C=O) groups is 1. The molecule has 6 rings (SSSR count). The molecule has 4 aromatic rings. The number of nitrogens with zero attached hydrogens (tertiary/aromatic N) is 5. The summed E-state index contributed by atoms with van der Waals surface area (Å²) in [6.45, 7) is 3.77. The smallest absolute Gasteiger partial charge is 0.252 e. The lowest BCUT2D eigenvalue weighted by atomic mass is 9.94. The number of pyridine rings is 1. The fraction of sp³-hybridized carbons (Fsp3) is 0.379. The molecule has 0 unspecified atom stereocenters. The van der Waals surface area contributed by atoms with Crippen molar-refractivity contribution in [1.29, 1.82) is 0 Å². The Morgan fingerprint density at radius 3 is 2.79 bits per heavy atom. The van der Waals surface area contributed by atoms with E-state index in [0.29, 0.717) is 41.2 Å². The van der Waals surface area contributed by atoms with Gasteiger partial charge in [0.15, 0.2) is 0 Å². The highest BCUT2D eigenvalue weighted by Crippen LogP contribution is 2.33. The molecule has 0 saturated carbocycles. The number of hydrogen-bond acceptors (Lipinski definition) is 8. The van der Waals surface area contributed by atoms with E-state index in [9.17, 15) is 4.79 Å². The zero-order chi connectivity index (χ0) is 26.9. The number of ether oxygens (including phenoxy) is 1. The molecule has 0 bridgehead atoms. The number of hydrogen-bond donors (Lipinski definition) is 1. The van der Waals surface area contributed by atoms with Gasteiger partial charge in [-0.15, -0.1) is 10.2 Å². The highest BCUT2D eigenvalue weighted by molar-refractivity contribution is 6.30. The molecular weight excluding hydrogens is 516 g/mol. The molecular formula is C29H31ClN6O3. The Bertz CT molecular complexity index is 1510. The molecule has 202 valence electrons. The van der Waals surface area contributed by atoms with Crippen molar-refractivity contribution in [2.75, 3.05) is 33.8 Å². The number of likely N-dealkylation sites (tertiary alicyclic amines) is 1. The number of amides is 1. The van der Waals surface area contributed by atoms with E-state index in [0.717, 1.165) is 66.6 Å². The van der Waals surface area contributed by atoms with Gasteiger partial charge in [-0.05, 0) is 57.2 Å². The Labute approximate surface area is 232 Å². The second-order valence-electron chi connectivity index (χ2n) is 10.3. The van der Waals surface area contributed by atoms with Crippen molar-refractivity contribution in [2.45, 2.75) is 38.4 Å². The molecule has 2 aliphatic heterocycles. The summed E-state index contributed by atoms with van der Waals surface area (Å²) in [6, 6.07) is 13.4. The monoisotopic (exact) mass is 546 g/mol. The minimum Gasteiger partial charge on any atom is -0.496 e. The number of rotatable bonds is 6. The maximum absolute atomic E-state index is 13.8. The third-order valence-electron chi connectivity index (χ3n) is 7.62. The molecule has 0 aliphatic carbocycles. The van der Waals surface area contributed by atoms with Gasteiger partial charge in [-0.25, -0.2) is 0 Å². The summed E-state index contributed by atoms with van der Waals surface area (Å²) in [5, 5.41) is 13.3. The Morgan fingerprint density at radius 1 is 1.15 bits per heavy atom. The molecule has 10 heteroatoms. The van der Waals surface area contributed by atoms with Crippen molar-refractivity contribution in [1.82, 2.24) is 30.3 Å². The van der Waals surface area contributed by atoms with Gasteiger partial charge >= 0.3 is 0 Å². The summed E-state index contributed by atoms with van der Waals surface area (Å²) in [5.74, 6) is 1.43. The van der Waals surface area contributed by atoms with Crippen LogP contribution in [0.25, 0.3) is 22.4 Å². The van der Waals surface area contributed by atoms with Crippen molar-refractivity contribution in [3.8, 4) is 17.2 Å². The summed E-state index contributed by atoms with van der Waals surface area (Å²) < 4.78 is 11.5. The summed E-state index contributed by atoms with van der Waals surface area (Å²) in [6.07, 6.45) is 2.64. The van der Waals surface area contributed by atoms with Gasteiger partial charge < -0.3 is 19.4 Å². The first-order valence-electron chi connectivity index (χ1n) is 13.3. The maximum Gasteiger partial charge on any atom is 0.252 e. The van der Waals surface area contributed by atoms with Crippen LogP contribution in [-0.2, 0) is 19.5 Å². The van der Waals surface area contributed by atoms with Gasteiger partial charge in [0.2, 0.25) is 5.89 Å². The molecule has 2 aromatic heterocycles. The van der Waals surface area contributed by atoms with Gasteiger partial charge in [0.05, 0.1) is 30.3 Å². The predicted molar refractivity (Wildman–Crippen MR) is 149 cm³/mol. The summed E-state index contributed by atoms with van der Waals surface area (Å²) in [4.78, 5) is 23.2. The average molecular weight is 547 g/mol. The Hall–Kier alpha value is -3.53. The number of benzene rings is 2. The van der Waals surface area contributed by atoms with Crippen LogP contribution in [0.4, 0.5) is 0 Å². The minimum atomic E-state index is -0.0191. The van der Waals surface area contributed by atoms with Gasteiger partial charge in [-0.2, -0.15) is 0 Å². The summed E-state index contributed by atoms with van der Waals surface area (Å²) in [7, 11) is 3.71. The molecule has 0 radical (unpaired) electrons. The Kier molecular flexibility index (Phi) is 7.20. The fourth-order valence-electron chi connectivity index (χ4n) is 5.52. The molecule has 1 amide bonds. The maximum atomic E-state index is 13.8. The van der Waals surface area contributed by atoms with E-state index in [-0.39, 0.29) is 11.9 Å². The van der Waals surface area contributed by atoms with Gasteiger partial charge in [-0.3, -0.25) is 14.7 Å². The molecule has 9 nitrogen and oxygen atoms in total. The largest absolute Gasteiger partial charge is 0.496 e. The predicted octanol–water partition coefficient (Wildman–Crippen LogP) is 4.33. The molecule has 1 fully saturated rings. The first-order valence-corrected chi connectivity index (χ1v) is 13.6. The van der Waals surface area contributed by atoms with Crippen LogP contribution in [0.5, 0.6) is 5.75 Å². The number of piperidine rings is 1. The molecule has 2 aromatic carbocycles. The average Bonchev–Trinajstić information content (AvgIpc) is 3.41. The number of carbonyl (C=O) groups excluding carboxylic acids is 1. The van der Waals surface area contributed by atoms with Crippen molar-refractivity contribution >= 4 is 28.4 Å². The molecule has 39 heavy (non-hydrogen) atoms. The normalized spacial score (nSPS) is 16.8. The Morgan fingerprint density at radius 2 is 1.97 bits per heavy atom. The second-order valence-corrected chi connectivity index (χ2v) is 10.7. The quantitative estimate of drug-likeness (QED) is 0.382. The zero-order valence-electron chi connectivity index (χ0n) is 22.1. The van der Waals surface area contributed by atoms with Crippen LogP contribution in [-0.4, -0.2) is 70.7 Å².